The van der Waals surface area contributed by atoms with E-state index < -0.39 is 5.41 Å². The van der Waals surface area contributed by atoms with Gasteiger partial charge in [0, 0.05) is 16.5 Å². The first-order valence-corrected chi connectivity index (χ1v) is 15.4. The maximum atomic E-state index is 5.42. The Hall–Kier alpha value is -5.86. The molecule has 0 radical (unpaired) electrons. The summed E-state index contributed by atoms with van der Waals surface area (Å²) in [5.74, 6) is 0.743. The van der Waals surface area contributed by atoms with Crippen LogP contribution in [0.15, 0.2) is 170 Å². The first-order chi connectivity index (χ1) is 22.3. The van der Waals surface area contributed by atoms with E-state index in [0.29, 0.717) is 0 Å². The Morgan fingerprint density at radius 1 is 0.422 bits per heavy atom. The summed E-state index contributed by atoms with van der Waals surface area (Å²) >= 11 is 0. The third kappa shape index (κ3) is 3.76. The smallest absolute Gasteiger partial charge is 0.161 e. The largest absolute Gasteiger partial charge is 0.228 e. The van der Waals surface area contributed by atoms with Crippen LogP contribution in [0.4, 0.5) is 0 Å². The Morgan fingerprint density at radius 2 is 1.00 bits per heavy atom. The number of aromatic nitrogens is 2. The fourth-order valence-electron chi connectivity index (χ4n) is 7.50. The molecule has 0 atom stereocenters. The van der Waals surface area contributed by atoms with Crippen molar-refractivity contribution < 1.29 is 0 Å². The number of para-hydroxylation sites is 1. The van der Waals surface area contributed by atoms with Crippen LogP contribution < -0.4 is 0 Å². The average molecular weight is 573 g/mol. The van der Waals surface area contributed by atoms with Gasteiger partial charge in [-0.15, -0.1) is 0 Å². The van der Waals surface area contributed by atoms with Gasteiger partial charge in [0.15, 0.2) is 5.82 Å². The van der Waals surface area contributed by atoms with Gasteiger partial charge in [0.2, 0.25) is 0 Å². The molecule has 0 fully saturated rings. The molecule has 1 aliphatic rings. The second-order valence-corrected chi connectivity index (χ2v) is 11.7. The molecule has 0 bridgehead atoms. The van der Waals surface area contributed by atoms with Crippen molar-refractivity contribution in [1.29, 1.82) is 0 Å². The minimum Gasteiger partial charge on any atom is -0.228 e. The van der Waals surface area contributed by atoms with E-state index in [9.17, 15) is 0 Å². The summed E-state index contributed by atoms with van der Waals surface area (Å²) < 4.78 is 0. The Morgan fingerprint density at radius 3 is 1.73 bits per heavy atom. The molecule has 7 aromatic carbocycles. The van der Waals surface area contributed by atoms with E-state index in [4.69, 9.17) is 9.97 Å². The highest BCUT2D eigenvalue weighted by atomic mass is 14.9. The van der Waals surface area contributed by atoms with Crippen LogP contribution in [0.5, 0.6) is 0 Å². The van der Waals surface area contributed by atoms with Gasteiger partial charge in [-0.2, -0.15) is 0 Å². The summed E-state index contributed by atoms with van der Waals surface area (Å²) in [5.41, 5.74) is 11.0. The summed E-state index contributed by atoms with van der Waals surface area (Å²) in [6.07, 6.45) is 0. The number of benzene rings is 7. The SMILES string of the molecule is c1ccc(-c2nc(-c3c4c(cc5ccccc35)C(c3ccccc3)(c3ccccc3)c3ccccc3-4)nc3ccccc23)cc1. The Kier molecular flexibility index (Phi) is 5.76. The van der Waals surface area contributed by atoms with Crippen molar-refractivity contribution in [3.05, 3.63) is 192 Å². The summed E-state index contributed by atoms with van der Waals surface area (Å²) in [7, 11) is 0. The fraction of sp³-hybridized carbons (Fsp3) is 0.0233. The molecule has 9 rings (SSSR count). The van der Waals surface area contributed by atoms with Crippen molar-refractivity contribution in [1.82, 2.24) is 9.97 Å². The van der Waals surface area contributed by atoms with Gasteiger partial charge in [-0.05, 0) is 56.3 Å². The Balaban J connectivity index is 1.48. The first kappa shape index (κ1) is 25.6. The van der Waals surface area contributed by atoms with E-state index in [1.165, 1.54) is 38.8 Å². The zero-order valence-corrected chi connectivity index (χ0v) is 24.6. The van der Waals surface area contributed by atoms with Crippen LogP contribution in [0.3, 0.4) is 0 Å². The highest BCUT2D eigenvalue weighted by molar-refractivity contribution is 6.09. The van der Waals surface area contributed by atoms with Crippen molar-refractivity contribution in [2.75, 3.05) is 0 Å². The molecule has 0 saturated heterocycles. The van der Waals surface area contributed by atoms with Gasteiger partial charge in [0.1, 0.15) is 0 Å². The Labute approximate surface area is 262 Å². The number of rotatable bonds is 4. The van der Waals surface area contributed by atoms with Gasteiger partial charge in [0.05, 0.1) is 16.6 Å². The lowest BCUT2D eigenvalue weighted by Crippen LogP contribution is -2.28. The van der Waals surface area contributed by atoms with Crippen LogP contribution in [-0.2, 0) is 5.41 Å². The molecule has 2 heteroatoms. The van der Waals surface area contributed by atoms with Crippen LogP contribution in [0.1, 0.15) is 22.3 Å². The second-order valence-electron chi connectivity index (χ2n) is 11.7. The predicted molar refractivity (Wildman–Crippen MR) is 185 cm³/mol. The molecule has 8 aromatic rings. The number of hydrogen-bond donors (Lipinski definition) is 0. The average Bonchev–Trinajstić information content (AvgIpc) is 3.41. The molecule has 0 N–H and O–H groups in total. The van der Waals surface area contributed by atoms with Gasteiger partial charge in [-0.3, -0.25) is 0 Å². The summed E-state index contributed by atoms with van der Waals surface area (Å²) in [4.78, 5) is 10.7. The summed E-state index contributed by atoms with van der Waals surface area (Å²) in [6, 6.07) is 60.8. The molecule has 1 aromatic heterocycles. The van der Waals surface area contributed by atoms with Gasteiger partial charge in [-0.1, -0.05) is 158 Å². The molecule has 0 spiro atoms. The van der Waals surface area contributed by atoms with Crippen LogP contribution in [0.25, 0.3) is 55.4 Å². The molecular formula is C43H28N2. The van der Waals surface area contributed by atoms with Gasteiger partial charge < -0.3 is 0 Å². The van der Waals surface area contributed by atoms with Crippen LogP contribution in [-0.4, -0.2) is 9.97 Å². The van der Waals surface area contributed by atoms with E-state index in [0.717, 1.165) is 38.9 Å². The molecule has 1 heterocycles. The first-order valence-electron chi connectivity index (χ1n) is 15.4. The van der Waals surface area contributed by atoms with Crippen molar-refractivity contribution in [3.8, 4) is 33.8 Å². The molecule has 45 heavy (non-hydrogen) atoms. The summed E-state index contributed by atoms with van der Waals surface area (Å²) in [5, 5.41) is 3.37. The molecule has 210 valence electrons. The molecular weight excluding hydrogens is 544 g/mol. The maximum Gasteiger partial charge on any atom is 0.161 e. The van der Waals surface area contributed by atoms with Gasteiger partial charge >= 0.3 is 0 Å². The zero-order valence-electron chi connectivity index (χ0n) is 24.6. The van der Waals surface area contributed by atoms with Crippen molar-refractivity contribution >= 4 is 21.7 Å². The van der Waals surface area contributed by atoms with Crippen LogP contribution in [0, 0.1) is 0 Å². The maximum absolute atomic E-state index is 5.42. The van der Waals surface area contributed by atoms with Crippen molar-refractivity contribution in [2.45, 2.75) is 5.41 Å². The monoisotopic (exact) mass is 572 g/mol. The highest BCUT2D eigenvalue weighted by Gasteiger charge is 2.47. The van der Waals surface area contributed by atoms with Gasteiger partial charge in [-0.25, -0.2) is 9.97 Å². The van der Waals surface area contributed by atoms with Gasteiger partial charge in [0.25, 0.3) is 0 Å². The number of hydrogen-bond acceptors (Lipinski definition) is 2. The number of nitrogens with zero attached hydrogens (tertiary/aromatic N) is 2. The number of fused-ring (bicyclic) bond motifs is 5. The predicted octanol–water partition coefficient (Wildman–Crippen LogP) is 10.5. The van der Waals surface area contributed by atoms with Crippen LogP contribution in [0.2, 0.25) is 0 Å². The molecule has 0 aliphatic heterocycles. The van der Waals surface area contributed by atoms with Crippen molar-refractivity contribution in [3.63, 3.8) is 0 Å². The molecule has 2 nitrogen and oxygen atoms in total. The molecule has 0 unspecified atom stereocenters. The molecule has 1 aliphatic carbocycles. The lowest BCUT2D eigenvalue weighted by Gasteiger charge is -2.34. The highest BCUT2D eigenvalue weighted by Crippen LogP contribution is 2.59. The van der Waals surface area contributed by atoms with E-state index in [2.05, 4.69) is 170 Å². The molecule has 0 amide bonds. The standard InChI is InChI=1S/C43H28N2/c1-4-16-29(17-5-1)41-35-25-13-15-27-38(35)44-42(45-41)40-33-23-11-10-18-30(33)28-37-39(40)34-24-12-14-26-36(34)43(37,31-19-6-2-7-20-31)32-21-8-3-9-22-32/h1-28H. The van der Waals surface area contributed by atoms with E-state index >= 15 is 0 Å². The van der Waals surface area contributed by atoms with E-state index in [1.54, 1.807) is 0 Å². The lowest BCUT2D eigenvalue weighted by atomic mass is 9.67. The zero-order chi connectivity index (χ0) is 29.8. The van der Waals surface area contributed by atoms with Crippen molar-refractivity contribution in [2.24, 2.45) is 0 Å². The minimum atomic E-state index is -0.508. The summed E-state index contributed by atoms with van der Waals surface area (Å²) in [6.45, 7) is 0. The lowest BCUT2D eigenvalue weighted by molar-refractivity contribution is 0.769. The fourth-order valence-corrected chi connectivity index (χ4v) is 7.50. The second kappa shape index (κ2) is 10.1. The molecule has 0 saturated carbocycles. The quantitative estimate of drug-likeness (QED) is 0.210. The third-order valence-electron chi connectivity index (χ3n) is 9.34. The topological polar surface area (TPSA) is 25.8 Å². The van der Waals surface area contributed by atoms with E-state index in [1.807, 2.05) is 0 Å². The van der Waals surface area contributed by atoms with E-state index in [-0.39, 0.29) is 0 Å². The Bertz CT molecular complexity index is 2320. The normalized spacial score (nSPS) is 13.1. The minimum absolute atomic E-state index is 0.508. The van der Waals surface area contributed by atoms with Crippen LogP contribution >= 0.6 is 0 Å². The third-order valence-corrected chi connectivity index (χ3v) is 9.34.